The van der Waals surface area contributed by atoms with Gasteiger partial charge in [-0.2, -0.15) is 0 Å². The number of ether oxygens (including phenoxy) is 1. The maximum atomic E-state index is 14.1. The van der Waals surface area contributed by atoms with Gasteiger partial charge in [-0.25, -0.2) is 4.39 Å². The maximum Gasteiger partial charge on any atom is 0.314 e. The molecule has 0 radical (unpaired) electrons. The predicted molar refractivity (Wildman–Crippen MR) is 70.2 cm³/mol. The second-order valence-electron chi connectivity index (χ2n) is 5.48. The van der Waals surface area contributed by atoms with Crippen LogP contribution in [-0.2, 0) is 10.2 Å². The molecule has 0 atom stereocenters. The van der Waals surface area contributed by atoms with Crippen molar-refractivity contribution in [3.8, 4) is 5.75 Å². The molecule has 1 aliphatic carbocycles. The fourth-order valence-corrected chi connectivity index (χ4v) is 2.64. The van der Waals surface area contributed by atoms with Gasteiger partial charge in [-0.15, -0.1) is 0 Å². The second kappa shape index (κ2) is 4.83. The van der Waals surface area contributed by atoms with E-state index < -0.39 is 17.2 Å². The maximum absolute atomic E-state index is 14.1. The highest BCUT2D eigenvalue weighted by Crippen LogP contribution is 2.48. The summed E-state index contributed by atoms with van der Waals surface area (Å²) in [6.45, 7) is 3.92. The minimum atomic E-state index is -0.975. The lowest BCUT2D eigenvalue weighted by Crippen LogP contribution is -2.42. The molecule has 0 amide bonds. The number of carboxylic acids is 1. The molecule has 1 saturated carbocycles. The molecule has 1 aliphatic rings. The van der Waals surface area contributed by atoms with Crippen molar-refractivity contribution >= 4 is 5.97 Å². The van der Waals surface area contributed by atoms with E-state index in [1.807, 2.05) is 13.8 Å². The summed E-state index contributed by atoms with van der Waals surface area (Å²) in [5.74, 6) is -1.15. The lowest BCUT2D eigenvalue weighted by Gasteiger charge is -2.39. The van der Waals surface area contributed by atoms with E-state index in [2.05, 4.69) is 0 Å². The summed E-state index contributed by atoms with van der Waals surface area (Å²) < 4.78 is 19.2. The van der Waals surface area contributed by atoms with Gasteiger partial charge in [0.05, 0.1) is 12.5 Å². The molecule has 0 spiro atoms. The fourth-order valence-electron chi connectivity index (χ4n) is 2.64. The highest BCUT2D eigenvalue weighted by molar-refractivity contribution is 5.84. The summed E-state index contributed by atoms with van der Waals surface area (Å²) in [7, 11) is 1.38. The molecular formula is C15H19FO3. The minimum absolute atomic E-state index is 0.0755. The Hall–Kier alpha value is -1.58. The van der Waals surface area contributed by atoms with Crippen molar-refractivity contribution in [3.05, 3.63) is 29.1 Å². The number of benzene rings is 1. The minimum Gasteiger partial charge on any atom is -0.493 e. The molecule has 0 unspecified atom stereocenters. The van der Waals surface area contributed by atoms with Crippen LogP contribution >= 0.6 is 0 Å². The van der Waals surface area contributed by atoms with Gasteiger partial charge in [0.1, 0.15) is 0 Å². The zero-order chi connectivity index (χ0) is 14.2. The largest absolute Gasteiger partial charge is 0.493 e. The first-order valence-corrected chi connectivity index (χ1v) is 6.53. The van der Waals surface area contributed by atoms with Crippen molar-refractivity contribution in [2.45, 2.75) is 44.4 Å². The number of hydrogen-bond acceptors (Lipinski definition) is 2. The molecule has 0 aromatic heterocycles. The Kier molecular flexibility index (Phi) is 3.52. The molecule has 19 heavy (non-hydrogen) atoms. The number of carbonyl (C=O) groups is 1. The summed E-state index contributed by atoms with van der Waals surface area (Å²) in [4.78, 5) is 11.6. The van der Waals surface area contributed by atoms with Crippen LogP contribution in [0.4, 0.5) is 4.39 Å². The number of aliphatic carboxylic acids is 1. The molecule has 1 aromatic carbocycles. The highest BCUT2D eigenvalue weighted by atomic mass is 19.1. The Bertz CT molecular complexity index is 504. The van der Waals surface area contributed by atoms with E-state index in [1.165, 1.54) is 13.2 Å². The third-order valence-corrected chi connectivity index (χ3v) is 4.07. The predicted octanol–water partition coefficient (Wildman–Crippen LogP) is 3.46. The summed E-state index contributed by atoms with van der Waals surface area (Å²) >= 11 is 0. The number of rotatable bonds is 4. The molecule has 2 rings (SSSR count). The van der Waals surface area contributed by atoms with E-state index in [0.717, 1.165) is 12.0 Å². The summed E-state index contributed by atoms with van der Waals surface area (Å²) in [6, 6.07) is 3.22. The van der Waals surface area contributed by atoms with Crippen LogP contribution in [0.2, 0.25) is 0 Å². The van der Waals surface area contributed by atoms with Crippen molar-refractivity contribution in [1.29, 1.82) is 0 Å². The Morgan fingerprint density at radius 2 is 2.05 bits per heavy atom. The van der Waals surface area contributed by atoms with Crippen LogP contribution < -0.4 is 4.74 Å². The molecular weight excluding hydrogens is 247 g/mol. The van der Waals surface area contributed by atoms with Gasteiger partial charge in [-0.1, -0.05) is 26.3 Å². The van der Waals surface area contributed by atoms with Gasteiger partial charge in [-0.3, -0.25) is 4.79 Å². The number of hydrogen-bond donors (Lipinski definition) is 1. The molecule has 0 bridgehead atoms. The fraction of sp³-hybridized carbons (Fsp3) is 0.533. The van der Waals surface area contributed by atoms with Crippen LogP contribution in [0.15, 0.2) is 12.1 Å². The molecule has 4 heteroatoms. The van der Waals surface area contributed by atoms with E-state index >= 15 is 0 Å². The van der Waals surface area contributed by atoms with Gasteiger partial charge < -0.3 is 9.84 Å². The normalized spacial score (nSPS) is 17.1. The quantitative estimate of drug-likeness (QED) is 0.907. The zero-order valence-electron chi connectivity index (χ0n) is 11.5. The molecule has 0 aliphatic heterocycles. The SMILES string of the molecule is COc1c(F)cc(C(C)C)cc1C1(C(=O)O)CCC1. The number of halogens is 1. The molecule has 0 heterocycles. The third-order valence-electron chi connectivity index (χ3n) is 4.07. The first-order chi connectivity index (χ1) is 8.92. The van der Waals surface area contributed by atoms with Gasteiger partial charge in [0.25, 0.3) is 0 Å². The van der Waals surface area contributed by atoms with Gasteiger partial charge in [0.2, 0.25) is 0 Å². The highest BCUT2D eigenvalue weighted by Gasteiger charge is 2.48. The number of carboxylic acid groups (broad SMARTS) is 1. The van der Waals surface area contributed by atoms with Crippen LogP contribution in [0, 0.1) is 5.82 Å². The van der Waals surface area contributed by atoms with Crippen LogP contribution in [0.3, 0.4) is 0 Å². The summed E-state index contributed by atoms with van der Waals surface area (Å²) in [5.41, 5.74) is 0.315. The van der Waals surface area contributed by atoms with Gasteiger partial charge >= 0.3 is 5.97 Å². The van der Waals surface area contributed by atoms with Gasteiger partial charge in [-0.05, 0) is 30.4 Å². The third kappa shape index (κ3) is 2.09. The first kappa shape index (κ1) is 13.8. The smallest absolute Gasteiger partial charge is 0.314 e. The number of methoxy groups -OCH3 is 1. The van der Waals surface area contributed by atoms with Crippen LogP contribution in [0.1, 0.15) is 50.2 Å². The summed E-state index contributed by atoms with van der Waals surface area (Å²) in [5, 5.41) is 9.50. The average Bonchev–Trinajstić information content (AvgIpc) is 2.26. The van der Waals surface area contributed by atoms with Crippen molar-refractivity contribution in [3.63, 3.8) is 0 Å². The lowest BCUT2D eigenvalue weighted by atomic mass is 9.64. The average molecular weight is 266 g/mol. The second-order valence-corrected chi connectivity index (χ2v) is 5.48. The Balaban J connectivity index is 2.63. The van der Waals surface area contributed by atoms with Crippen molar-refractivity contribution < 1.29 is 19.0 Å². The van der Waals surface area contributed by atoms with Crippen molar-refractivity contribution in [2.75, 3.05) is 7.11 Å². The van der Waals surface area contributed by atoms with Gasteiger partial charge in [0, 0.05) is 5.56 Å². The van der Waals surface area contributed by atoms with E-state index in [1.54, 1.807) is 6.07 Å². The van der Waals surface area contributed by atoms with E-state index in [4.69, 9.17) is 4.74 Å². The summed E-state index contributed by atoms with van der Waals surface area (Å²) in [6.07, 6.45) is 1.93. The van der Waals surface area contributed by atoms with Crippen molar-refractivity contribution in [2.24, 2.45) is 0 Å². The first-order valence-electron chi connectivity index (χ1n) is 6.53. The topological polar surface area (TPSA) is 46.5 Å². The zero-order valence-corrected chi connectivity index (χ0v) is 11.5. The molecule has 0 saturated heterocycles. The molecule has 1 fully saturated rings. The Labute approximate surface area is 112 Å². The van der Waals surface area contributed by atoms with E-state index in [-0.39, 0.29) is 11.7 Å². The van der Waals surface area contributed by atoms with Crippen LogP contribution in [0.25, 0.3) is 0 Å². The van der Waals surface area contributed by atoms with Crippen molar-refractivity contribution in [1.82, 2.24) is 0 Å². The standard InChI is InChI=1S/C15H19FO3/c1-9(2)10-7-11(13(19-3)12(16)8-10)15(14(17)18)5-4-6-15/h7-9H,4-6H2,1-3H3,(H,17,18). The van der Waals surface area contributed by atoms with E-state index in [9.17, 15) is 14.3 Å². The molecule has 3 nitrogen and oxygen atoms in total. The van der Waals surface area contributed by atoms with Crippen LogP contribution in [-0.4, -0.2) is 18.2 Å². The molecule has 1 aromatic rings. The van der Waals surface area contributed by atoms with E-state index in [0.29, 0.717) is 18.4 Å². The van der Waals surface area contributed by atoms with Gasteiger partial charge in [0.15, 0.2) is 11.6 Å². The Morgan fingerprint density at radius 1 is 1.42 bits per heavy atom. The Morgan fingerprint density at radius 3 is 2.42 bits per heavy atom. The van der Waals surface area contributed by atoms with Crippen LogP contribution in [0.5, 0.6) is 5.75 Å². The monoisotopic (exact) mass is 266 g/mol. The lowest BCUT2D eigenvalue weighted by molar-refractivity contribution is -0.147. The molecule has 104 valence electrons. The molecule has 1 N–H and O–H groups in total.